The molecule has 1 aliphatic rings. The highest BCUT2D eigenvalue weighted by Crippen LogP contribution is 2.32. The van der Waals surface area contributed by atoms with E-state index in [-0.39, 0.29) is 5.97 Å². The van der Waals surface area contributed by atoms with Crippen LogP contribution < -0.4 is 4.74 Å². The zero-order valence-electron chi connectivity index (χ0n) is 24.0. The van der Waals surface area contributed by atoms with Gasteiger partial charge in [-0.15, -0.1) is 11.3 Å². The molecular weight excluding hydrogens is 474 g/mol. The van der Waals surface area contributed by atoms with Gasteiger partial charge in [-0.3, -0.25) is 9.69 Å². The molecule has 1 aromatic carbocycles. The van der Waals surface area contributed by atoms with Crippen molar-refractivity contribution in [1.29, 1.82) is 0 Å². The number of rotatable bonds is 17. The van der Waals surface area contributed by atoms with Gasteiger partial charge in [0.05, 0.1) is 0 Å². The van der Waals surface area contributed by atoms with Gasteiger partial charge in [-0.05, 0) is 85.5 Å². The van der Waals surface area contributed by atoms with E-state index in [1.807, 2.05) is 17.4 Å². The molecule has 206 valence electrons. The molecule has 0 amide bonds. The van der Waals surface area contributed by atoms with Gasteiger partial charge in [-0.1, -0.05) is 84.4 Å². The zero-order chi connectivity index (χ0) is 26.5. The van der Waals surface area contributed by atoms with Crippen molar-refractivity contribution in [3.05, 3.63) is 51.7 Å². The van der Waals surface area contributed by atoms with Crippen LogP contribution in [0.4, 0.5) is 0 Å². The molecule has 1 aromatic heterocycles. The van der Waals surface area contributed by atoms with Crippen LogP contribution >= 0.6 is 11.3 Å². The molecule has 0 bridgehead atoms. The summed E-state index contributed by atoms with van der Waals surface area (Å²) in [4.78, 5) is 16.9. The minimum Gasteiger partial charge on any atom is -0.426 e. The molecule has 3 nitrogen and oxygen atoms in total. The second kappa shape index (κ2) is 16.3. The Labute approximate surface area is 231 Å². The Kier molecular flexibility index (Phi) is 13.2. The van der Waals surface area contributed by atoms with Crippen molar-refractivity contribution in [3.63, 3.8) is 0 Å². The lowest BCUT2D eigenvalue weighted by Gasteiger charge is -2.35. The maximum Gasteiger partial charge on any atom is 0.311 e. The highest BCUT2D eigenvalue weighted by atomic mass is 32.1. The molecule has 0 saturated heterocycles. The minimum absolute atomic E-state index is 0.0670. The standard InChI is InChI=1S/C33H51NO2S/c1-5-7-11-26(3)17-18-27(4)12-8-16-33(35)36-32-15-9-13-28-25-29(19-20-31(28)32)34(22-6-2)23-21-30-14-10-24-37-30/h9-10,13-15,24,26-27,29H,5-8,11-12,16-23,25H2,1-4H3. The fourth-order valence-corrected chi connectivity index (χ4v) is 6.51. The first kappa shape index (κ1) is 29.9. The Balaban J connectivity index is 1.45. The summed E-state index contributed by atoms with van der Waals surface area (Å²) in [5, 5.41) is 2.18. The molecule has 4 heteroatoms. The van der Waals surface area contributed by atoms with Gasteiger partial charge >= 0.3 is 5.97 Å². The Morgan fingerprint density at radius 3 is 2.49 bits per heavy atom. The number of benzene rings is 1. The van der Waals surface area contributed by atoms with Crippen molar-refractivity contribution in [2.45, 2.75) is 117 Å². The third-order valence-corrected chi connectivity index (χ3v) is 9.11. The number of unbranched alkanes of at least 4 members (excludes halogenated alkanes) is 1. The van der Waals surface area contributed by atoms with Gasteiger partial charge in [0.2, 0.25) is 0 Å². The number of thiophene rings is 1. The molecule has 0 saturated carbocycles. The largest absolute Gasteiger partial charge is 0.426 e. The third-order valence-electron chi connectivity index (χ3n) is 8.17. The van der Waals surface area contributed by atoms with Gasteiger partial charge < -0.3 is 4.74 Å². The summed E-state index contributed by atoms with van der Waals surface area (Å²) >= 11 is 1.86. The topological polar surface area (TPSA) is 29.5 Å². The highest BCUT2D eigenvalue weighted by molar-refractivity contribution is 7.09. The lowest BCUT2D eigenvalue weighted by molar-refractivity contribution is -0.134. The number of hydrogen-bond donors (Lipinski definition) is 0. The van der Waals surface area contributed by atoms with Gasteiger partial charge in [0, 0.05) is 23.9 Å². The number of hydrogen-bond acceptors (Lipinski definition) is 4. The second-order valence-electron chi connectivity index (χ2n) is 11.5. The van der Waals surface area contributed by atoms with E-state index in [4.69, 9.17) is 4.74 Å². The average Bonchev–Trinajstić information content (AvgIpc) is 3.42. The van der Waals surface area contributed by atoms with Crippen LogP contribution in [0.25, 0.3) is 0 Å². The van der Waals surface area contributed by atoms with Crippen LogP contribution in [0.2, 0.25) is 0 Å². The predicted molar refractivity (Wildman–Crippen MR) is 159 cm³/mol. The van der Waals surface area contributed by atoms with E-state index in [0.717, 1.165) is 63.3 Å². The van der Waals surface area contributed by atoms with E-state index in [2.05, 4.69) is 62.2 Å². The lowest BCUT2D eigenvalue weighted by Crippen LogP contribution is -2.41. The van der Waals surface area contributed by atoms with Crippen molar-refractivity contribution < 1.29 is 9.53 Å². The molecule has 0 N–H and O–H groups in total. The summed E-state index contributed by atoms with van der Waals surface area (Å²) in [6.45, 7) is 11.5. The molecular formula is C33H51NO2S. The summed E-state index contributed by atoms with van der Waals surface area (Å²) < 4.78 is 5.93. The van der Waals surface area contributed by atoms with Crippen LogP contribution in [0.3, 0.4) is 0 Å². The quantitative estimate of drug-likeness (QED) is 0.153. The fourth-order valence-electron chi connectivity index (χ4n) is 5.81. The molecule has 37 heavy (non-hydrogen) atoms. The van der Waals surface area contributed by atoms with Gasteiger partial charge in [0.25, 0.3) is 0 Å². The Morgan fingerprint density at radius 1 is 1.00 bits per heavy atom. The Morgan fingerprint density at radius 2 is 1.78 bits per heavy atom. The first-order valence-electron chi connectivity index (χ1n) is 15.1. The van der Waals surface area contributed by atoms with Crippen molar-refractivity contribution in [2.24, 2.45) is 11.8 Å². The van der Waals surface area contributed by atoms with Crippen LogP contribution in [0.15, 0.2) is 35.7 Å². The van der Waals surface area contributed by atoms with E-state index in [1.54, 1.807) is 0 Å². The molecule has 0 fully saturated rings. The number of ether oxygens (including phenoxy) is 1. The second-order valence-corrected chi connectivity index (χ2v) is 12.5. The number of nitrogens with zero attached hydrogens (tertiary/aromatic N) is 1. The van der Waals surface area contributed by atoms with Crippen molar-refractivity contribution >= 4 is 17.3 Å². The summed E-state index contributed by atoms with van der Waals surface area (Å²) in [5.74, 6) is 2.25. The van der Waals surface area contributed by atoms with Gasteiger partial charge in [0.15, 0.2) is 0 Å². The Hall–Kier alpha value is -1.65. The molecule has 0 radical (unpaired) electrons. The van der Waals surface area contributed by atoms with Crippen LogP contribution in [0.1, 0.15) is 108 Å². The molecule has 1 aliphatic carbocycles. The van der Waals surface area contributed by atoms with E-state index in [0.29, 0.717) is 18.4 Å². The van der Waals surface area contributed by atoms with Crippen LogP contribution in [-0.4, -0.2) is 30.0 Å². The third kappa shape index (κ3) is 10.2. The smallest absolute Gasteiger partial charge is 0.311 e. The fraction of sp³-hybridized carbons (Fsp3) is 0.667. The van der Waals surface area contributed by atoms with E-state index < -0.39 is 0 Å². The number of esters is 1. The van der Waals surface area contributed by atoms with E-state index in [1.165, 1.54) is 54.5 Å². The van der Waals surface area contributed by atoms with E-state index >= 15 is 0 Å². The maximum atomic E-state index is 12.7. The number of carbonyl (C=O) groups is 1. The molecule has 3 rings (SSSR count). The zero-order valence-corrected chi connectivity index (χ0v) is 24.8. The lowest BCUT2D eigenvalue weighted by atomic mass is 9.86. The van der Waals surface area contributed by atoms with Crippen LogP contribution in [0, 0.1) is 11.8 Å². The number of fused-ring (bicyclic) bond motifs is 1. The number of carbonyl (C=O) groups excluding carboxylic acids is 1. The maximum absolute atomic E-state index is 12.7. The normalized spacial score (nSPS) is 16.9. The Bertz CT molecular complexity index is 909. The van der Waals surface area contributed by atoms with Crippen LogP contribution in [-0.2, 0) is 24.1 Å². The van der Waals surface area contributed by atoms with Crippen molar-refractivity contribution in [1.82, 2.24) is 4.90 Å². The molecule has 1 heterocycles. The molecule has 3 unspecified atom stereocenters. The minimum atomic E-state index is -0.0670. The van der Waals surface area contributed by atoms with Crippen molar-refractivity contribution in [2.75, 3.05) is 13.1 Å². The summed E-state index contributed by atoms with van der Waals surface area (Å²) in [6, 6.07) is 11.3. The molecule has 0 spiro atoms. The summed E-state index contributed by atoms with van der Waals surface area (Å²) in [7, 11) is 0. The first-order valence-corrected chi connectivity index (χ1v) is 16.0. The van der Waals surface area contributed by atoms with Gasteiger partial charge in [-0.25, -0.2) is 0 Å². The molecule has 0 aliphatic heterocycles. The summed E-state index contributed by atoms with van der Waals surface area (Å²) in [6.07, 6.45) is 14.6. The van der Waals surface area contributed by atoms with E-state index in [9.17, 15) is 4.79 Å². The van der Waals surface area contributed by atoms with Crippen LogP contribution in [0.5, 0.6) is 5.75 Å². The predicted octanol–water partition coefficient (Wildman–Crippen LogP) is 8.88. The van der Waals surface area contributed by atoms with Gasteiger partial charge in [-0.2, -0.15) is 0 Å². The first-order chi connectivity index (χ1) is 18.0. The highest BCUT2D eigenvalue weighted by Gasteiger charge is 2.26. The van der Waals surface area contributed by atoms with Gasteiger partial charge in [0.1, 0.15) is 5.75 Å². The van der Waals surface area contributed by atoms with Crippen molar-refractivity contribution in [3.8, 4) is 5.75 Å². The SMILES string of the molecule is CCCCC(C)CCC(C)CCCC(=O)Oc1cccc2c1CCC(N(CCC)CCc1cccs1)C2. The molecule has 3 atom stereocenters. The molecule has 2 aromatic rings. The average molecular weight is 526 g/mol. The summed E-state index contributed by atoms with van der Waals surface area (Å²) in [5.41, 5.74) is 2.63. The monoisotopic (exact) mass is 525 g/mol.